The Morgan fingerprint density at radius 2 is 2.14 bits per heavy atom. The van der Waals surface area contributed by atoms with Crippen LogP contribution in [-0.4, -0.2) is 21.8 Å². The van der Waals surface area contributed by atoms with Crippen molar-refractivity contribution in [2.24, 2.45) is 5.73 Å². The van der Waals surface area contributed by atoms with Gasteiger partial charge in [0, 0.05) is 6.92 Å². The molecule has 3 N–H and O–H groups in total. The summed E-state index contributed by atoms with van der Waals surface area (Å²) in [5.74, 6) is 0.527. The molecule has 2 heterocycles. The highest BCUT2D eigenvalue weighted by Gasteiger charge is 2.14. The summed E-state index contributed by atoms with van der Waals surface area (Å²) in [6.45, 7) is 1.39. The van der Waals surface area contributed by atoms with Gasteiger partial charge in [-0.1, -0.05) is 6.07 Å². The number of nitrogens with one attached hydrogen (secondary N) is 1. The molecule has 2 aromatic heterocycles. The minimum Gasteiger partial charge on any atom is -0.458 e. The molecule has 0 bridgehead atoms. The molecule has 1 amide bonds. The molecule has 0 radical (unpaired) electrons. The fraction of sp³-hybridized carbons (Fsp3) is 0.133. The molecule has 0 aliphatic rings. The number of nitrogens with two attached hydrogens (primary N) is 1. The third-order valence-corrected chi connectivity index (χ3v) is 3.09. The molecule has 7 heteroatoms. The summed E-state index contributed by atoms with van der Waals surface area (Å²) in [4.78, 5) is 29.6. The monoisotopic (exact) mass is 299 g/mol. The van der Waals surface area contributed by atoms with Crippen molar-refractivity contribution in [3.63, 3.8) is 0 Å². The number of imidazole rings is 1. The number of esters is 1. The number of primary amides is 1. The zero-order valence-electron chi connectivity index (χ0n) is 11.8. The van der Waals surface area contributed by atoms with Crippen molar-refractivity contribution >= 4 is 22.9 Å². The van der Waals surface area contributed by atoms with Crippen LogP contribution in [0.15, 0.2) is 34.7 Å². The van der Waals surface area contributed by atoms with Crippen molar-refractivity contribution in [1.29, 1.82) is 0 Å². The Balaban J connectivity index is 1.95. The van der Waals surface area contributed by atoms with Crippen molar-refractivity contribution < 1.29 is 18.7 Å². The number of aromatic nitrogens is 2. The number of carbonyl (C=O) groups excluding carboxylic acids is 2. The molecule has 3 rings (SSSR count). The van der Waals surface area contributed by atoms with Gasteiger partial charge in [-0.15, -0.1) is 0 Å². The van der Waals surface area contributed by atoms with E-state index >= 15 is 0 Å². The van der Waals surface area contributed by atoms with Crippen LogP contribution in [0.3, 0.4) is 0 Å². The molecule has 22 heavy (non-hydrogen) atoms. The van der Waals surface area contributed by atoms with E-state index in [-0.39, 0.29) is 12.6 Å². The molecular formula is C15H13N3O4. The van der Waals surface area contributed by atoms with Gasteiger partial charge < -0.3 is 19.9 Å². The molecule has 0 atom stereocenters. The van der Waals surface area contributed by atoms with E-state index in [0.29, 0.717) is 33.9 Å². The summed E-state index contributed by atoms with van der Waals surface area (Å²) in [7, 11) is 0. The molecule has 3 aromatic rings. The zero-order chi connectivity index (χ0) is 15.7. The van der Waals surface area contributed by atoms with Crippen LogP contribution in [0.2, 0.25) is 0 Å². The van der Waals surface area contributed by atoms with Crippen molar-refractivity contribution in [1.82, 2.24) is 9.97 Å². The number of rotatable bonds is 4. The van der Waals surface area contributed by atoms with E-state index in [4.69, 9.17) is 14.9 Å². The number of amides is 1. The molecule has 0 saturated carbocycles. The summed E-state index contributed by atoms with van der Waals surface area (Å²) in [6, 6.07) is 8.53. The zero-order valence-corrected chi connectivity index (χ0v) is 11.8. The van der Waals surface area contributed by atoms with Gasteiger partial charge in [0.05, 0.1) is 11.1 Å². The van der Waals surface area contributed by atoms with Gasteiger partial charge in [-0.3, -0.25) is 9.59 Å². The lowest BCUT2D eigenvalue weighted by molar-refractivity contribution is -0.142. The lowest BCUT2D eigenvalue weighted by atomic mass is 10.2. The minimum absolute atomic E-state index is 0.0576. The number of fused-ring (bicyclic) bond motifs is 1. The molecule has 0 spiro atoms. The first kappa shape index (κ1) is 13.9. The fourth-order valence-corrected chi connectivity index (χ4v) is 2.10. The summed E-state index contributed by atoms with van der Waals surface area (Å²) in [6.07, 6.45) is 0. The number of benzene rings is 1. The molecule has 0 aliphatic heterocycles. The van der Waals surface area contributed by atoms with Crippen molar-refractivity contribution in [3.05, 3.63) is 41.7 Å². The van der Waals surface area contributed by atoms with Crippen LogP contribution in [0, 0.1) is 0 Å². The van der Waals surface area contributed by atoms with Crippen LogP contribution in [0.5, 0.6) is 0 Å². The van der Waals surface area contributed by atoms with Crippen LogP contribution in [0.25, 0.3) is 22.6 Å². The van der Waals surface area contributed by atoms with Gasteiger partial charge in [-0.05, 0) is 24.3 Å². The highest BCUT2D eigenvalue weighted by Crippen LogP contribution is 2.24. The number of ether oxygens (including phenoxy) is 1. The maximum Gasteiger partial charge on any atom is 0.303 e. The standard InChI is InChI=1S/C15H13N3O4/c1-8(19)21-7-9-5-6-12(22-9)15-17-11-4-2-3-10(14(16)20)13(11)18-15/h2-6H,7H2,1H3,(H2,16,20)(H,17,18). The lowest BCUT2D eigenvalue weighted by Crippen LogP contribution is -2.11. The average Bonchev–Trinajstić information content (AvgIpc) is 3.10. The smallest absolute Gasteiger partial charge is 0.303 e. The van der Waals surface area contributed by atoms with Crippen LogP contribution in [0.4, 0.5) is 0 Å². The van der Waals surface area contributed by atoms with Crippen molar-refractivity contribution in [2.75, 3.05) is 0 Å². The Kier molecular flexibility index (Phi) is 3.38. The Morgan fingerprint density at radius 3 is 2.86 bits per heavy atom. The largest absolute Gasteiger partial charge is 0.458 e. The van der Waals surface area contributed by atoms with Gasteiger partial charge in [0.25, 0.3) is 5.91 Å². The lowest BCUT2D eigenvalue weighted by Gasteiger charge is -1.97. The van der Waals surface area contributed by atoms with Crippen LogP contribution < -0.4 is 5.73 Å². The number of hydrogen-bond acceptors (Lipinski definition) is 5. The molecule has 0 saturated heterocycles. The molecule has 7 nitrogen and oxygen atoms in total. The maximum atomic E-state index is 11.4. The Hall–Kier alpha value is -3.09. The number of H-pyrrole nitrogens is 1. The molecule has 112 valence electrons. The quantitative estimate of drug-likeness (QED) is 0.715. The number of nitrogens with zero attached hydrogens (tertiary/aromatic N) is 1. The Morgan fingerprint density at radius 1 is 1.32 bits per heavy atom. The summed E-state index contributed by atoms with van der Waals surface area (Å²) >= 11 is 0. The van der Waals surface area contributed by atoms with E-state index in [0.717, 1.165) is 0 Å². The van der Waals surface area contributed by atoms with Crippen LogP contribution in [0.1, 0.15) is 23.0 Å². The average molecular weight is 299 g/mol. The second-order valence-corrected chi connectivity index (χ2v) is 4.70. The highest BCUT2D eigenvalue weighted by atomic mass is 16.5. The first-order chi connectivity index (χ1) is 10.5. The van der Waals surface area contributed by atoms with Gasteiger partial charge in [0.1, 0.15) is 17.9 Å². The number of aromatic amines is 1. The van der Waals surface area contributed by atoms with E-state index < -0.39 is 5.91 Å². The summed E-state index contributed by atoms with van der Waals surface area (Å²) < 4.78 is 10.4. The van der Waals surface area contributed by atoms with Gasteiger partial charge in [-0.25, -0.2) is 4.98 Å². The minimum atomic E-state index is -0.543. The first-order valence-electron chi connectivity index (χ1n) is 6.55. The SMILES string of the molecule is CC(=O)OCc1ccc(-c2nc3c(C(N)=O)cccc3[nH]2)o1. The van der Waals surface area contributed by atoms with E-state index in [2.05, 4.69) is 9.97 Å². The van der Waals surface area contributed by atoms with Gasteiger partial charge in [0.2, 0.25) is 0 Å². The molecule has 0 fully saturated rings. The van der Waals surface area contributed by atoms with Crippen molar-refractivity contribution in [3.8, 4) is 11.6 Å². The van der Waals surface area contributed by atoms with Gasteiger partial charge >= 0.3 is 5.97 Å². The number of carbonyl (C=O) groups is 2. The summed E-state index contributed by atoms with van der Waals surface area (Å²) in [5, 5.41) is 0. The molecule has 1 aromatic carbocycles. The topological polar surface area (TPSA) is 111 Å². The predicted octanol–water partition coefficient (Wildman–Crippen LogP) is 1.98. The van der Waals surface area contributed by atoms with E-state index in [1.807, 2.05) is 0 Å². The van der Waals surface area contributed by atoms with Crippen LogP contribution in [-0.2, 0) is 16.1 Å². The first-order valence-corrected chi connectivity index (χ1v) is 6.55. The highest BCUT2D eigenvalue weighted by molar-refractivity contribution is 6.04. The van der Waals surface area contributed by atoms with E-state index in [1.165, 1.54) is 6.92 Å². The maximum absolute atomic E-state index is 11.4. The molecule has 0 unspecified atom stereocenters. The van der Waals surface area contributed by atoms with Crippen LogP contribution >= 0.6 is 0 Å². The third kappa shape index (κ3) is 2.56. The Labute approximate surface area is 125 Å². The second kappa shape index (κ2) is 5.36. The molecular weight excluding hydrogens is 286 g/mol. The number of furan rings is 1. The van der Waals surface area contributed by atoms with Crippen molar-refractivity contribution in [2.45, 2.75) is 13.5 Å². The summed E-state index contributed by atoms with van der Waals surface area (Å²) in [5.41, 5.74) is 6.85. The predicted molar refractivity (Wildman–Crippen MR) is 77.8 cm³/mol. The number of para-hydroxylation sites is 1. The molecule has 0 aliphatic carbocycles. The fourth-order valence-electron chi connectivity index (χ4n) is 2.10. The second-order valence-electron chi connectivity index (χ2n) is 4.70. The Bertz CT molecular complexity index is 863. The third-order valence-electron chi connectivity index (χ3n) is 3.09. The van der Waals surface area contributed by atoms with Gasteiger partial charge in [-0.2, -0.15) is 0 Å². The van der Waals surface area contributed by atoms with E-state index in [9.17, 15) is 9.59 Å². The number of hydrogen-bond donors (Lipinski definition) is 2. The van der Waals surface area contributed by atoms with E-state index in [1.54, 1.807) is 30.3 Å². The normalized spacial score (nSPS) is 10.8. The van der Waals surface area contributed by atoms with Gasteiger partial charge in [0.15, 0.2) is 11.6 Å².